The summed E-state index contributed by atoms with van der Waals surface area (Å²) in [5, 5.41) is 11.9. The fraction of sp³-hybridized carbons (Fsp3) is 0.900. The first-order valence-corrected chi connectivity index (χ1v) is 5.31. The second-order valence-corrected chi connectivity index (χ2v) is 3.60. The summed E-state index contributed by atoms with van der Waals surface area (Å²) in [6, 6.07) is -0.551. The monoisotopic (exact) mass is 234 g/mol. The molecule has 0 bridgehead atoms. The summed E-state index contributed by atoms with van der Waals surface area (Å²) in [5.74, 6) is -0.258. The molecule has 4 N–H and O–H groups in total. The fourth-order valence-electron chi connectivity index (χ4n) is 1.18. The minimum atomic E-state index is -0.694. The van der Waals surface area contributed by atoms with Gasteiger partial charge in [-0.2, -0.15) is 0 Å². The molecule has 2 unspecified atom stereocenters. The van der Waals surface area contributed by atoms with Crippen LogP contribution in [0.5, 0.6) is 0 Å². The van der Waals surface area contributed by atoms with Crippen molar-refractivity contribution in [3.8, 4) is 0 Å². The predicted molar refractivity (Wildman–Crippen MR) is 60.0 cm³/mol. The zero-order chi connectivity index (χ0) is 12.4. The predicted octanol–water partition coefficient (Wildman–Crippen LogP) is -1.14. The van der Waals surface area contributed by atoms with Gasteiger partial charge in [0, 0.05) is 27.4 Å². The molecule has 0 fully saturated rings. The molecule has 96 valence electrons. The van der Waals surface area contributed by atoms with Gasteiger partial charge in [0.2, 0.25) is 5.91 Å². The van der Waals surface area contributed by atoms with Crippen LogP contribution in [0.1, 0.15) is 12.8 Å². The van der Waals surface area contributed by atoms with E-state index < -0.39 is 12.1 Å². The number of aliphatic hydroxyl groups is 1. The Morgan fingerprint density at radius 3 is 2.69 bits per heavy atom. The maximum atomic E-state index is 11.4. The molecule has 0 aliphatic heterocycles. The van der Waals surface area contributed by atoms with Crippen LogP contribution in [-0.4, -0.2) is 57.1 Å². The van der Waals surface area contributed by atoms with Crippen LogP contribution >= 0.6 is 0 Å². The van der Waals surface area contributed by atoms with Crippen LogP contribution in [0, 0.1) is 0 Å². The van der Waals surface area contributed by atoms with Crippen LogP contribution in [0.3, 0.4) is 0 Å². The Morgan fingerprint density at radius 2 is 2.12 bits per heavy atom. The van der Waals surface area contributed by atoms with Gasteiger partial charge in [0.15, 0.2) is 0 Å². The number of aliphatic hydroxyl groups excluding tert-OH is 1. The zero-order valence-corrected chi connectivity index (χ0v) is 9.94. The Morgan fingerprint density at radius 1 is 1.44 bits per heavy atom. The van der Waals surface area contributed by atoms with Gasteiger partial charge in [-0.3, -0.25) is 4.79 Å². The number of ether oxygens (including phenoxy) is 2. The third-order valence-corrected chi connectivity index (χ3v) is 2.07. The Kier molecular flexibility index (Phi) is 9.12. The maximum absolute atomic E-state index is 11.4. The molecule has 0 aliphatic carbocycles. The van der Waals surface area contributed by atoms with E-state index in [9.17, 15) is 9.90 Å². The lowest BCUT2D eigenvalue weighted by molar-refractivity contribution is -0.123. The van der Waals surface area contributed by atoms with Crippen LogP contribution < -0.4 is 11.1 Å². The summed E-state index contributed by atoms with van der Waals surface area (Å²) in [4.78, 5) is 11.4. The van der Waals surface area contributed by atoms with Crippen molar-refractivity contribution in [3.63, 3.8) is 0 Å². The minimum absolute atomic E-state index is 0.157. The molecule has 6 nitrogen and oxygen atoms in total. The Bertz CT molecular complexity index is 190. The van der Waals surface area contributed by atoms with Crippen LogP contribution in [0.4, 0.5) is 0 Å². The van der Waals surface area contributed by atoms with Crippen molar-refractivity contribution in [2.45, 2.75) is 25.0 Å². The average molecular weight is 234 g/mol. The summed E-state index contributed by atoms with van der Waals surface area (Å²) in [5.41, 5.74) is 5.64. The highest BCUT2D eigenvalue weighted by atomic mass is 16.5. The van der Waals surface area contributed by atoms with E-state index in [-0.39, 0.29) is 19.1 Å². The molecule has 0 aromatic carbocycles. The SMILES string of the molecule is COCCCC(N)C(=O)NCC(O)COC. The zero-order valence-electron chi connectivity index (χ0n) is 9.94. The summed E-state index contributed by atoms with van der Waals surface area (Å²) >= 11 is 0. The quantitative estimate of drug-likeness (QED) is 0.439. The van der Waals surface area contributed by atoms with E-state index in [0.29, 0.717) is 13.0 Å². The molecule has 0 saturated heterocycles. The first-order valence-electron chi connectivity index (χ1n) is 5.31. The van der Waals surface area contributed by atoms with E-state index in [1.54, 1.807) is 7.11 Å². The number of hydrogen-bond donors (Lipinski definition) is 3. The lowest BCUT2D eigenvalue weighted by atomic mass is 10.1. The number of nitrogens with two attached hydrogens (primary N) is 1. The topological polar surface area (TPSA) is 93.8 Å². The molecule has 1 amide bonds. The highest BCUT2D eigenvalue weighted by Crippen LogP contribution is 1.95. The highest BCUT2D eigenvalue weighted by molar-refractivity contribution is 5.81. The smallest absolute Gasteiger partial charge is 0.237 e. The van der Waals surface area contributed by atoms with Crippen LogP contribution in [0.25, 0.3) is 0 Å². The van der Waals surface area contributed by atoms with E-state index in [0.717, 1.165) is 6.42 Å². The van der Waals surface area contributed by atoms with Gasteiger partial charge in [-0.05, 0) is 12.8 Å². The Hall–Kier alpha value is -0.690. The maximum Gasteiger partial charge on any atom is 0.237 e. The molecule has 2 atom stereocenters. The van der Waals surface area contributed by atoms with E-state index in [1.807, 2.05) is 0 Å². The molecule has 0 saturated carbocycles. The van der Waals surface area contributed by atoms with Crippen molar-refractivity contribution >= 4 is 5.91 Å². The lowest BCUT2D eigenvalue weighted by Crippen LogP contribution is -2.44. The third kappa shape index (κ3) is 7.58. The van der Waals surface area contributed by atoms with E-state index in [2.05, 4.69) is 5.32 Å². The first-order chi connectivity index (χ1) is 7.61. The van der Waals surface area contributed by atoms with Crippen molar-refractivity contribution in [3.05, 3.63) is 0 Å². The van der Waals surface area contributed by atoms with Gasteiger partial charge in [0.1, 0.15) is 0 Å². The second-order valence-electron chi connectivity index (χ2n) is 3.60. The molecule has 0 aliphatic rings. The van der Waals surface area contributed by atoms with Gasteiger partial charge in [-0.1, -0.05) is 0 Å². The molecule has 16 heavy (non-hydrogen) atoms. The van der Waals surface area contributed by atoms with E-state index >= 15 is 0 Å². The highest BCUT2D eigenvalue weighted by Gasteiger charge is 2.13. The first kappa shape index (κ1) is 15.3. The van der Waals surface area contributed by atoms with Gasteiger partial charge in [-0.15, -0.1) is 0 Å². The fourth-order valence-corrected chi connectivity index (χ4v) is 1.18. The Labute approximate surface area is 96.1 Å². The normalized spacial score (nSPS) is 14.5. The molecule has 0 aromatic heterocycles. The molecule has 6 heteroatoms. The second kappa shape index (κ2) is 9.53. The number of carbonyl (C=O) groups excluding carboxylic acids is 1. The van der Waals surface area contributed by atoms with Crippen molar-refractivity contribution < 1.29 is 19.4 Å². The van der Waals surface area contributed by atoms with Gasteiger partial charge in [0.25, 0.3) is 0 Å². The number of hydrogen-bond acceptors (Lipinski definition) is 5. The number of nitrogens with one attached hydrogen (secondary N) is 1. The molecule has 0 heterocycles. The molecule has 0 radical (unpaired) electrons. The van der Waals surface area contributed by atoms with E-state index in [4.69, 9.17) is 15.2 Å². The Balaban J connectivity index is 3.62. The van der Waals surface area contributed by atoms with Crippen molar-refractivity contribution in [1.29, 1.82) is 0 Å². The van der Waals surface area contributed by atoms with Crippen molar-refractivity contribution in [1.82, 2.24) is 5.32 Å². The minimum Gasteiger partial charge on any atom is -0.389 e. The van der Waals surface area contributed by atoms with Crippen molar-refractivity contribution in [2.24, 2.45) is 5.73 Å². The van der Waals surface area contributed by atoms with Crippen LogP contribution in [-0.2, 0) is 14.3 Å². The van der Waals surface area contributed by atoms with Gasteiger partial charge in [0.05, 0.1) is 18.8 Å². The number of rotatable bonds is 9. The molecular weight excluding hydrogens is 212 g/mol. The summed E-state index contributed by atoms with van der Waals surface area (Å²) in [6.45, 7) is 0.942. The van der Waals surface area contributed by atoms with Gasteiger partial charge < -0.3 is 25.6 Å². The number of amides is 1. The van der Waals surface area contributed by atoms with Crippen LogP contribution in [0.15, 0.2) is 0 Å². The lowest BCUT2D eigenvalue weighted by Gasteiger charge is -2.14. The summed E-state index contributed by atoms with van der Waals surface area (Å²) in [7, 11) is 3.09. The van der Waals surface area contributed by atoms with Gasteiger partial charge in [-0.25, -0.2) is 0 Å². The number of carbonyl (C=O) groups is 1. The van der Waals surface area contributed by atoms with E-state index in [1.165, 1.54) is 7.11 Å². The molecule has 0 rings (SSSR count). The van der Waals surface area contributed by atoms with Gasteiger partial charge >= 0.3 is 0 Å². The summed E-state index contributed by atoms with van der Waals surface area (Å²) < 4.78 is 9.59. The summed E-state index contributed by atoms with van der Waals surface area (Å²) in [6.07, 6.45) is 0.617. The molecular formula is C10H22N2O4. The molecule has 0 aromatic rings. The van der Waals surface area contributed by atoms with Crippen LogP contribution in [0.2, 0.25) is 0 Å². The molecule has 0 spiro atoms. The standard InChI is InChI=1S/C10H22N2O4/c1-15-5-3-4-9(11)10(14)12-6-8(13)7-16-2/h8-9,13H,3-7,11H2,1-2H3,(H,12,14). The average Bonchev–Trinajstić information content (AvgIpc) is 2.26. The number of methoxy groups -OCH3 is 2. The third-order valence-electron chi connectivity index (χ3n) is 2.07. The largest absolute Gasteiger partial charge is 0.389 e. The van der Waals surface area contributed by atoms with Crippen molar-refractivity contribution in [2.75, 3.05) is 34.0 Å².